The lowest BCUT2D eigenvalue weighted by molar-refractivity contribution is 0.102. The molecule has 3 aromatic carbocycles. The molecule has 0 spiro atoms. The van der Waals surface area contributed by atoms with Crippen molar-refractivity contribution in [3.63, 3.8) is 0 Å². The smallest absolute Gasteiger partial charge is 0.259 e. The van der Waals surface area contributed by atoms with Crippen LogP contribution in [-0.2, 0) is 0 Å². The van der Waals surface area contributed by atoms with E-state index in [1.165, 1.54) is 0 Å². The predicted molar refractivity (Wildman–Crippen MR) is 113 cm³/mol. The summed E-state index contributed by atoms with van der Waals surface area (Å²) in [6, 6.07) is 19.6. The lowest BCUT2D eigenvalue weighted by atomic mass is 10.1. The molecule has 0 atom stereocenters. The molecule has 0 saturated heterocycles. The Labute approximate surface area is 164 Å². The molecule has 0 aliphatic carbocycles. The van der Waals surface area contributed by atoms with Gasteiger partial charge in [-0.05, 0) is 54.4 Å². The van der Waals surface area contributed by atoms with E-state index in [1.54, 1.807) is 0 Å². The summed E-state index contributed by atoms with van der Waals surface area (Å²) in [7, 11) is 0. The third-order valence-electron chi connectivity index (χ3n) is 4.84. The first-order valence-corrected chi connectivity index (χ1v) is 9.62. The quantitative estimate of drug-likeness (QED) is 0.402. The zero-order chi connectivity index (χ0) is 19.5. The molecule has 0 radical (unpaired) electrons. The Balaban J connectivity index is 1.63. The highest BCUT2D eigenvalue weighted by atomic mass is 16.5. The molecule has 4 nitrogen and oxygen atoms in total. The molecular formula is C24H23NO3. The molecule has 142 valence electrons. The minimum atomic E-state index is -0.183. The standard InChI is InChI=1S/C24H23NO3/c1-3-4-13-27-20-11-12-22-21(15-20)23(16(2)28-22)24(26)25-19-10-9-17-7-5-6-8-18(17)14-19/h5-12,14-15H,3-4,13H2,1-2H3,(H,25,26). The fourth-order valence-electron chi connectivity index (χ4n) is 3.37. The van der Waals surface area contributed by atoms with E-state index >= 15 is 0 Å². The van der Waals surface area contributed by atoms with E-state index in [2.05, 4.69) is 18.3 Å². The lowest BCUT2D eigenvalue weighted by Gasteiger charge is -2.07. The van der Waals surface area contributed by atoms with E-state index in [0.29, 0.717) is 23.5 Å². The van der Waals surface area contributed by atoms with Gasteiger partial charge in [0.25, 0.3) is 5.91 Å². The van der Waals surface area contributed by atoms with Gasteiger partial charge in [0.05, 0.1) is 12.2 Å². The van der Waals surface area contributed by atoms with E-state index in [9.17, 15) is 4.79 Å². The summed E-state index contributed by atoms with van der Waals surface area (Å²) in [5.74, 6) is 1.16. The summed E-state index contributed by atoms with van der Waals surface area (Å²) in [5.41, 5.74) is 1.99. The number of rotatable bonds is 6. The third kappa shape index (κ3) is 3.58. The topological polar surface area (TPSA) is 51.5 Å². The zero-order valence-electron chi connectivity index (χ0n) is 16.1. The summed E-state index contributed by atoms with van der Waals surface area (Å²) in [4.78, 5) is 13.0. The minimum Gasteiger partial charge on any atom is -0.494 e. The van der Waals surface area contributed by atoms with Gasteiger partial charge in [0.2, 0.25) is 0 Å². The van der Waals surface area contributed by atoms with Crippen LogP contribution in [0.5, 0.6) is 5.75 Å². The number of carbonyl (C=O) groups excluding carboxylic acids is 1. The van der Waals surface area contributed by atoms with Gasteiger partial charge in [0, 0.05) is 11.1 Å². The first-order valence-electron chi connectivity index (χ1n) is 9.62. The van der Waals surface area contributed by atoms with Gasteiger partial charge in [-0.25, -0.2) is 0 Å². The minimum absolute atomic E-state index is 0.183. The number of furan rings is 1. The van der Waals surface area contributed by atoms with Crippen LogP contribution >= 0.6 is 0 Å². The first kappa shape index (κ1) is 18.1. The summed E-state index contributed by atoms with van der Waals surface area (Å²) >= 11 is 0. The van der Waals surface area contributed by atoms with Crippen LogP contribution in [0.15, 0.2) is 65.1 Å². The normalized spacial score (nSPS) is 11.1. The van der Waals surface area contributed by atoms with Gasteiger partial charge in [0.1, 0.15) is 17.1 Å². The Morgan fingerprint density at radius 1 is 1.04 bits per heavy atom. The van der Waals surface area contributed by atoms with Crippen LogP contribution in [0.4, 0.5) is 5.69 Å². The molecule has 0 unspecified atom stereocenters. The number of amides is 1. The average Bonchev–Trinajstić information content (AvgIpc) is 3.03. The Kier molecular flexibility index (Phi) is 5.02. The van der Waals surface area contributed by atoms with Gasteiger partial charge < -0.3 is 14.5 Å². The van der Waals surface area contributed by atoms with Crippen molar-refractivity contribution in [1.29, 1.82) is 0 Å². The van der Waals surface area contributed by atoms with Crippen LogP contribution in [0, 0.1) is 6.92 Å². The average molecular weight is 373 g/mol. The van der Waals surface area contributed by atoms with Crippen molar-refractivity contribution in [2.24, 2.45) is 0 Å². The fraction of sp³-hybridized carbons (Fsp3) is 0.208. The maximum atomic E-state index is 13.0. The van der Waals surface area contributed by atoms with E-state index in [4.69, 9.17) is 9.15 Å². The number of unbranched alkanes of at least 4 members (excludes halogenated alkanes) is 1. The fourth-order valence-corrected chi connectivity index (χ4v) is 3.37. The number of nitrogens with one attached hydrogen (secondary N) is 1. The van der Waals surface area contributed by atoms with Crippen LogP contribution in [0.1, 0.15) is 35.9 Å². The van der Waals surface area contributed by atoms with Crippen LogP contribution in [0.25, 0.3) is 21.7 Å². The molecule has 0 saturated carbocycles. The Hall–Kier alpha value is -3.27. The molecule has 0 fully saturated rings. The molecule has 28 heavy (non-hydrogen) atoms. The molecule has 1 aromatic heterocycles. The summed E-state index contributed by atoms with van der Waals surface area (Å²) in [6.07, 6.45) is 2.07. The number of fused-ring (bicyclic) bond motifs is 2. The second kappa shape index (κ2) is 7.77. The number of ether oxygens (including phenoxy) is 1. The van der Waals surface area contributed by atoms with Crippen molar-refractivity contribution in [2.45, 2.75) is 26.7 Å². The SMILES string of the molecule is CCCCOc1ccc2oc(C)c(C(=O)Nc3ccc4ccccc4c3)c2c1. The Morgan fingerprint density at radius 3 is 2.68 bits per heavy atom. The van der Waals surface area contributed by atoms with Crippen LogP contribution in [-0.4, -0.2) is 12.5 Å². The van der Waals surface area contributed by atoms with Crippen molar-refractivity contribution in [2.75, 3.05) is 11.9 Å². The molecule has 0 bridgehead atoms. The highest BCUT2D eigenvalue weighted by Crippen LogP contribution is 2.30. The number of anilines is 1. The third-order valence-corrected chi connectivity index (χ3v) is 4.84. The maximum Gasteiger partial charge on any atom is 0.259 e. The molecule has 1 N–H and O–H groups in total. The number of aryl methyl sites for hydroxylation is 1. The van der Waals surface area contributed by atoms with E-state index in [0.717, 1.165) is 40.4 Å². The molecule has 0 aliphatic heterocycles. The summed E-state index contributed by atoms with van der Waals surface area (Å²) < 4.78 is 11.6. The van der Waals surface area contributed by atoms with Crippen molar-refractivity contribution < 1.29 is 13.9 Å². The summed E-state index contributed by atoms with van der Waals surface area (Å²) in [6.45, 7) is 4.60. The second-order valence-electron chi connectivity index (χ2n) is 6.91. The number of hydrogen-bond donors (Lipinski definition) is 1. The van der Waals surface area contributed by atoms with Gasteiger partial charge in [-0.3, -0.25) is 4.79 Å². The molecular weight excluding hydrogens is 350 g/mol. The molecule has 0 aliphatic rings. The van der Waals surface area contributed by atoms with Gasteiger partial charge in [-0.15, -0.1) is 0 Å². The predicted octanol–water partition coefficient (Wildman–Crippen LogP) is 6.33. The molecule has 1 amide bonds. The number of carbonyl (C=O) groups is 1. The molecule has 4 heteroatoms. The molecule has 1 heterocycles. The van der Waals surface area contributed by atoms with Gasteiger partial charge in [0.15, 0.2) is 0 Å². The largest absolute Gasteiger partial charge is 0.494 e. The van der Waals surface area contributed by atoms with Crippen LogP contribution in [0.2, 0.25) is 0 Å². The zero-order valence-corrected chi connectivity index (χ0v) is 16.1. The van der Waals surface area contributed by atoms with Crippen LogP contribution in [0.3, 0.4) is 0 Å². The monoisotopic (exact) mass is 373 g/mol. The summed E-state index contributed by atoms with van der Waals surface area (Å²) in [5, 5.41) is 5.99. The highest BCUT2D eigenvalue weighted by molar-refractivity contribution is 6.13. The first-order chi connectivity index (χ1) is 13.7. The van der Waals surface area contributed by atoms with Crippen molar-refractivity contribution >= 4 is 33.3 Å². The number of hydrogen-bond acceptors (Lipinski definition) is 3. The number of benzene rings is 3. The van der Waals surface area contributed by atoms with E-state index in [-0.39, 0.29) is 5.91 Å². The van der Waals surface area contributed by atoms with Gasteiger partial charge in [-0.1, -0.05) is 43.7 Å². The maximum absolute atomic E-state index is 13.0. The van der Waals surface area contributed by atoms with Gasteiger partial charge >= 0.3 is 0 Å². The van der Waals surface area contributed by atoms with E-state index < -0.39 is 0 Å². The Bertz CT molecular complexity index is 1140. The molecule has 4 aromatic rings. The lowest BCUT2D eigenvalue weighted by Crippen LogP contribution is -2.12. The molecule has 4 rings (SSSR count). The highest BCUT2D eigenvalue weighted by Gasteiger charge is 2.19. The van der Waals surface area contributed by atoms with Crippen molar-refractivity contribution in [3.8, 4) is 5.75 Å². The van der Waals surface area contributed by atoms with Gasteiger partial charge in [-0.2, -0.15) is 0 Å². The van der Waals surface area contributed by atoms with Crippen molar-refractivity contribution in [1.82, 2.24) is 0 Å². The van der Waals surface area contributed by atoms with E-state index in [1.807, 2.05) is 61.5 Å². The Morgan fingerprint density at radius 2 is 1.86 bits per heavy atom. The van der Waals surface area contributed by atoms with Crippen LogP contribution < -0.4 is 10.1 Å². The van der Waals surface area contributed by atoms with Crippen molar-refractivity contribution in [3.05, 3.63) is 72.0 Å². The second-order valence-corrected chi connectivity index (χ2v) is 6.91.